The minimum Gasteiger partial charge on any atom is -0.453 e. The number of anilines is 3. The molecule has 7 aromatic carbocycles. The third-order valence-corrected chi connectivity index (χ3v) is 8.47. The predicted octanol–water partition coefficient (Wildman–Crippen LogP) is 11.5. The zero-order valence-electron chi connectivity index (χ0n) is 23.2. The molecule has 0 aromatic heterocycles. The van der Waals surface area contributed by atoms with Gasteiger partial charge in [0.05, 0.1) is 11.4 Å². The normalized spacial score (nSPS) is 12.5. The van der Waals surface area contributed by atoms with Crippen molar-refractivity contribution in [2.24, 2.45) is 0 Å². The van der Waals surface area contributed by atoms with Crippen molar-refractivity contribution < 1.29 is 9.47 Å². The Morgan fingerprint density at radius 3 is 1.84 bits per heavy atom. The van der Waals surface area contributed by atoms with Gasteiger partial charge in [0.2, 0.25) is 0 Å². The Labute approximate surface area is 249 Å². The second kappa shape index (κ2) is 9.37. The number of fused-ring (bicyclic) bond motifs is 5. The molecule has 2 aliphatic heterocycles. The van der Waals surface area contributed by atoms with Crippen molar-refractivity contribution in [1.29, 1.82) is 0 Å². The number of ether oxygens (including phenoxy) is 2. The molecule has 0 aliphatic carbocycles. The summed E-state index contributed by atoms with van der Waals surface area (Å²) in [5, 5.41) is 2.51. The lowest BCUT2D eigenvalue weighted by Gasteiger charge is -2.37. The van der Waals surface area contributed by atoms with E-state index in [2.05, 4.69) is 120 Å². The van der Waals surface area contributed by atoms with Gasteiger partial charge in [0, 0.05) is 0 Å². The molecule has 0 saturated heterocycles. The van der Waals surface area contributed by atoms with Crippen molar-refractivity contribution in [3.8, 4) is 56.4 Å². The van der Waals surface area contributed by atoms with E-state index in [-0.39, 0.29) is 0 Å². The van der Waals surface area contributed by atoms with E-state index in [4.69, 9.17) is 9.47 Å². The summed E-state index contributed by atoms with van der Waals surface area (Å²) in [6.07, 6.45) is 0. The summed E-state index contributed by atoms with van der Waals surface area (Å²) in [4.78, 5) is 2.25. The molecular formula is C40H25NO2. The van der Waals surface area contributed by atoms with Crippen LogP contribution in [0.2, 0.25) is 0 Å². The second-order valence-electron chi connectivity index (χ2n) is 10.9. The summed E-state index contributed by atoms with van der Waals surface area (Å²) in [7, 11) is 0. The van der Waals surface area contributed by atoms with Gasteiger partial charge in [0.15, 0.2) is 23.0 Å². The Bertz CT molecular complexity index is 2190. The fraction of sp³-hybridized carbons (Fsp3) is 0. The van der Waals surface area contributed by atoms with Crippen LogP contribution < -0.4 is 14.4 Å². The summed E-state index contributed by atoms with van der Waals surface area (Å²) in [6.45, 7) is 0. The highest BCUT2D eigenvalue weighted by Crippen LogP contribution is 2.59. The van der Waals surface area contributed by atoms with Gasteiger partial charge in [-0.2, -0.15) is 0 Å². The van der Waals surface area contributed by atoms with Gasteiger partial charge in [-0.3, -0.25) is 4.90 Å². The van der Waals surface area contributed by atoms with Crippen LogP contribution in [0.15, 0.2) is 152 Å². The van der Waals surface area contributed by atoms with Crippen molar-refractivity contribution in [2.75, 3.05) is 4.90 Å². The van der Waals surface area contributed by atoms with Crippen molar-refractivity contribution >= 4 is 27.8 Å². The third-order valence-electron chi connectivity index (χ3n) is 8.47. The highest BCUT2D eigenvalue weighted by Gasteiger charge is 2.34. The van der Waals surface area contributed by atoms with Crippen LogP contribution in [0, 0.1) is 0 Å². The van der Waals surface area contributed by atoms with E-state index in [9.17, 15) is 0 Å². The number of para-hydroxylation sites is 3. The van der Waals surface area contributed by atoms with Crippen LogP contribution in [0.1, 0.15) is 0 Å². The average molecular weight is 552 g/mol. The molecule has 202 valence electrons. The van der Waals surface area contributed by atoms with E-state index >= 15 is 0 Å². The van der Waals surface area contributed by atoms with Gasteiger partial charge >= 0.3 is 0 Å². The molecule has 2 aliphatic rings. The van der Waals surface area contributed by atoms with Crippen LogP contribution in [0.3, 0.4) is 0 Å². The highest BCUT2D eigenvalue weighted by atomic mass is 16.5. The van der Waals surface area contributed by atoms with Crippen LogP contribution in [0.5, 0.6) is 23.0 Å². The zero-order valence-corrected chi connectivity index (χ0v) is 23.2. The first-order valence-electron chi connectivity index (χ1n) is 14.5. The van der Waals surface area contributed by atoms with Crippen molar-refractivity contribution in [3.05, 3.63) is 152 Å². The highest BCUT2D eigenvalue weighted by molar-refractivity contribution is 6.00. The number of hydrogen-bond acceptors (Lipinski definition) is 3. The molecule has 0 fully saturated rings. The maximum Gasteiger partial charge on any atom is 0.155 e. The lowest BCUT2D eigenvalue weighted by molar-refractivity contribution is 0.446. The molecule has 0 spiro atoms. The molecule has 7 aromatic rings. The third kappa shape index (κ3) is 3.75. The molecule has 0 N–H and O–H groups in total. The maximum atomic E-state index is 6.47. The van der Waals surface area contributed by atoms with Gasteiger partial charge in [-0.25, -0.2) is 0 Å². The van der Waals surface area contributed by atoms with Gasteiger partial charge in [-0.05, 0) is 80.6 Å². The van der Waals surface area contributed by atoms with Gasteiger partial charge in [0.25, 0.3) is 0 Å². The van der Waals surface area contributed by atoms with E-state index in [1.54, 1.807) is 0 Å². The first kappa shape index (κ1) is 23.9. The summed E-state index contributed by atoms with van der Waals surface area (Å²) in [5.41, 5.74) is 10.1. The topological polar surface area (TPSA) is 21.7 Å². The number of benzene rings is 7. The second-order valence-corrected chi connectivity index (χ2v) is 10.9. The Kier molecular flexibility index (Phi) is 5.20. The average Bonchev–Trinajstić information content (AvgIpc) is 3.08. The van der Waals surface area contributed by atoms with E-state index in [1.807, 2.05) is 36.4 Å². The molecule has 43 heavy (non-hydrogen) atoms. The molecule has 0 atom stereocenters. The number of nitrogens with zero attached hydrogens (tertiary/aromatic N) is 1. The minimum absolute atomic E-state index is 0.789. The SMILES string of the molecule is c1ccc2c(c1)Oc1cccc3c1N2c1ccc(-c2ccc(-c4ccccc4-c4cccc5ccccc45)cc2)cc1O3. The Morgan fingerprint density at radius 1 is 0.372 bits per heavy atom. The lowest BCUT2D eigenvalue weighted by Crippen LogP contribution is -2.20. The molecule has 0 radical (unpaired) electrons. The Hall–Kier alpha value is -5.80. The lowest BCUT2D eigenvalue weighted by atomic mass is 9.91. The molecule has 0 saturated carbocycles. The molecular weight excluding hydrogens is 526 g/mol. The summed E-state index contributed by atoms with van der Waals surface area (Å²) in [6, 6.07) is 53.2. The van der Waals surface area contributed by atoms with E-state index in [1.165, 1.54) is 33.0 Å². The molecule has 3 heteroatoms. The van der Waals surface area contributed by atoms with Crippen molar-refractivity contribution in [1.82, 2.24) is 0 Å². The molecule has 0 bridgehead atoms. The first-order valence-corrected chi connectivity index (χ1v) is 14.5. The summed E-state index contributed by atoms with van der Waals surface area (Å²) < 4.78 is 12.7. The fourth-order valence-corrected chi connectivity index (χ4v) is 6.46. The maximum absolute atomic E-state index is 6.47. The van der Waals surface area contributed by atoms with Crippen LogP contribution >= 0.6 is 0 Å². The van der Waals surface area contributed by atoms with Gasteiger partial charge < -0.3 is 9.47 Å². The van der Waals surface area contributed by atoms with E-state index in [0.717, 1.165) is 51.2 Å². The quantitative estimate of drug-likeness (QED) is 0.218. The zero-order chi connectivity index (χ0) is 28.3. The largest absolute Gasteiger partial charge is 0.453 e. The van der Waals surface area contributed by atoms with Crippen LogP contribution in [0.25, 0.3) is 44.2 Å². The molecule has 0 unspecified atom stereocenters. The fourth-order valence-electron chi connectivity index (χ4n) is 6.46. The minimum atomic E-state index is 0.789. The predicted molar refractivity (Wildman–Crippen MR) is 175 cm³/mol. The van der Waals surface area contributed by atoms with Crippen LogP contribution in [-0.4, -0.2) is 0 Å². The molecule has 2 heterocycles. The van der Waals surface area contributed by atoms with Gasteiger partial charge in [0.1, 0.15) is 5.69 Å². The van der Waals surface area contributed by atoms with Gasteiger partial charge in [-0.1, -0.05) is 115 Å². The number of hydrogen-bond donors (Lipinski definition) is 0. The molecule has 9 rings (SSSR count). The van der Waals surface area contributed by atoms with E-state index < -0.39 is 0 Å². The van der Waals surface area contributed by atoms with Crippen LogP contribution in [-0.2, 0) is 0 Å². The standard InChI is InChI=1S/C40H25NO2/c1-2-11-30-27(9-1)10-7-14-33(30)32-13-4-3-12-31(32)28-21-19-26(20-22-28)29-23-24-35-39(25-29)43-38-18-8-17-37-40(38)41(35)34-15-5-6-16-36(34)42-37/h1-25H. The van der Waals surface area contributed by atoms with E-state index in [0.29, 0.717) is 0 Å². The first-order chi connectivity index (χ1) is 21.3. The Morgan fingerprint density at radius 2 is 0.953 bits per heavy atom. The van der Waals surface area contributed by atoms with Crippen molar-refractivity contribution in [2.45, 2.75) is 0 Å². The van der Waals surface area contributed by atoms with Crippen molar-refractivity contribution in [3.63, 3.8) is 0 Å². The molecule has 3 nitrogen and oxygen atoms in total. The van der Waals surface area contributed by atoms with Gasteiger partial charge in [-0.15, -0.1) is 0 Å². The molecule has 0 amide bonds. The smallest absolute Gasteiger partial charge is 0.155 e. The van der Waals surface area contributed by atoms with Crippen LogP contribution in [0.4, 0.5) is 17.1 Å². The Balaban J connectivity index is 1.10. The number of rotatable bonds is 3. The summed E-state index contributed by atoms with van der Waals surface area (Å²) >= 11 is 0. The summed E-state index contributed by atoms with van der Waals surface area (Å²) in [5.74, 6) is 3.25. The monoisotopic (exact) mass is 551 g/mol.